The summed E-state index contributed by atoms with van der Waals surface area (Å²) in [6.45, 7) is 0. The molecule has 5 nitrogen and oxygen atoms in total. The third-order valence-electron chi connectivity index (χ3n) is 1.61. The zero-order valence-corrected chi connectivity index (χ0v) is 5.65. The highest BCUT2D eigenvalue weighted by molar-refractivity contribution is 5.47. The maximum atomic E-state index is 9.87. The summed E-state index contributed by atoms with van der Waals surface area (Å²) in [5.41, 5.74) is 0.688. The number of hydrogen-bond donors (Lipinski definition) is 0. The smallest absolute Gasteiger partial charge is 0.242 e. The van der Waals surface area contributed by atoms with Crippen LogP contribution in [0.3, 0.4) is 0 Å². The van der Waals surface area contributed by atoms with Crippen molar-refractivity contribution in [1.29, 1.82) is 0 Å². The Morgan fingerprint density at radius 2 is 2.36 bits per heavy atom. The summed E-state index contributed by atoms with van der Waals surface area (Å²) in [4.78, 5) is 13.2. The van der Waals surface area contributed by atoms with Crippen molar-refractivity contribution in [3.8, 4) is 0 Å². The number of carbonyl (C=O) groups excluding carboxylic acids is 1. The van der Waals surface area contributed by atoms with Crippen molar-refractivity contribution in [1.82, 2.24) is 10.3 Å². The third kappa shape index (κ3) is 1.06. The first-order chi connectivity index (χ1) is 5.42. The van der Waals surface area contributed by atoms with Crippen molar-refractivity contribution < 1.29 is 9.42 Å². The van der Waals surface area contributed by atoms with E-state index in [0.29, 0.717) is 11.6 Å². The summed E-state index contributed by atoms with van der Waals surface area (Å²) >= 11 is 0. The van der Waals surface area contributed by atoms with Crippen LogP contribution in [0.15, 0.2) is 9.62 Å². The van der Waals surface area contributed by atoms with Gasteiger partial charge in [0.25, 0.3) is 0 Å². The predicted octanol–water partition coefficient (Wildman–Crippen LogP) is 0.914. The molecule has 0 N–H and O–H groups in total. The second-order valence-corrected chi connectivity index (χ2v) is 2.45. The van der Waals surface area contributed by atoms with Crippen molar-refractivity contribution in [2.24, 2.45) is 4.99 Å². The quantitative estimate of drug-likeness (QED) is 0.465. The Kier molecular flexibility index (Phi) is 1.30. The zero-order valence-electron chi connectivity index (χ0n) is 5.65. The monoisotopic (exact) mass is 151 g/mol. The Morgan fingerprint density at radius 3 is 3.00 bits per heavy atom. The highest BCUT2D eigenvalue weighted by Gasteiger charge is 2.30. The molecule has 0 radical (unpaired) electrons. The van der Waals surface area contributed by atoms with E-state index in [1.54, 1.807) is 0 Å². The second kappa shape index (κ2) is 2.29. The van der Waals surface area contributed by atoms with Gasteiger partial charge in [0.15, 0.2) is 0 Å². The molecule has 1 aliphatic rings. The molecule has 0 bridgehead atoms. The molecule has 1 aromatic heterocycles. The van der Waals surface area contributed by atoms with Gasteiger partial charge in [0.2, 0.25) is 11.9 Å². The molecule has 0 unspecified atom stereocenters. The Morgan fingerprint density at radius 1 is 1.55 bits per heavy atom. The van der Waals surface area contributed by atoms with Crippen LogP contribution in [0.2, 0.25) is 0 Å². The molecule has 11 heavy (non-hydrogen) atoms. The second-order valence-electron chi connectivity index (χ2n) is 2.45. The summed E-state index contributed by atoms with van der Waals surface area (Å²) in [7, 11) is 0. The van der Waals surface area contributed by atoms with Crippen molar-refractivity contribution in [2.75, 3.05) is 0 Å². The van der Waals surface area contributed by atoms with E-state index in [0.717, 1.165) is 12.8 Å². The first-order valence-electron chi connectivity index (χ1n) is 3.32. The Hall–Kier alpha value is -1.48. The minimum Gasteiger partial charge on any atom is -0.242 e. The fourth-order valence-corrected chi connectivity index (χ4v) is 0.925. The highest BCUT2D eigenvalue weighted by atomic mass is 16.6. The lowest BCUT2D eigenvalue weighted by Gasteiger charge is -1.83. The molecule has 1 heterocycles. The van der Waals surface area contributed by atoms with Crippen molar-refractivity contribution in [2.45, 2.75) is 18.8 Å². The van der Waals surface area contributed by atoms with Gasteiger partial charge in [0.05, 0.1) is 0 Å². The van der Waals surface area contributed by atoms with Crippen LogP contribution >= 0.6 is 0 Å². The van der Waals surface area contributed by atoms with Crippen LogP contribution in [0.4, 0.5) is 5.82 Å². The lowest BCUT2D eigenvalue weighted by molar-refractivity contribution is 0.304. The van der Waals surface area contributed by atoms with Gasteiger partial charge < -0.3 is 0 Å². The summed E-state index contributed by atoms with van der Waals surface area (Å²) in [6.07, 6.45) is 3.56. The number of hydrogen-bond acceptors (Lipinski definition) is 5. The van der Waals surface area contributed by atoms with Gasteiger partial charge in [-0.15, -0.1) is 4.99 Å². The minimum absolute atomic E-state index is 0.280. The number of rotatable bonds is 2. The van der Waals surface area contributed by atoms with E-state index in [-0.39, 0.29) is 5.82 Å². The van der Waals surface area contributed by atoms with E-state index in [1.807, 2.05) is 0 Å². The lowest BCUT2D eigenvalue weighted by atomic mass is 10.3. The van der Waals surface area contributed by atoms with E-state index in [9.17, 15) is 4.79 Å². The first kappa shape index (κ1) is 6.24. The van der Waals surface area contributed by atoms with E-state index < -0.39 is 0 Å². The first-order valence-corrected chi connectivity index (χ1v) is 3.32. The fourth-order valence-electron chi connectivity index (χ4n) is 0.925. The van der Waals surface area contributed by atoms with Gasteiger partial charge in [0.1, 0.15) is 5.69 Å². The lowest BCUT2D eigenvalue weighted by Crippen LogP contribution is -1.77. The Labute approximate surface area is 62.1 Å². The number of nitrogens with zero attached hydrogens (tertiary/aromatic N) is 3. The third-order valence-corrected chi connectivity index (χ3v) is 1.61. The fraction of sp³-hybridized carbons (Fsp3) is 0.500. The maximum absolute atomic E-state index is 9.87. The summed E-state index contributed by atoms with van der Waals surface area (Å²) in [6, 6.07) is 0. The molecule has 0 aromatic carbocycles. The predicted molar refractivity (Wildman–Crippen MR) is 34.1 cm³/mol. The Bertz CT molecular complexity index is 309. The summed E-state index contributed by atoms with van der Waals surface area (Å²) < 4.78 is 4.43. The normalized spacial score (nSPS) is 16.0. The molecular weight excluding hydrogens is 146 g/mol. The molecule has 0 spiro atoms. The van der Waals surface area contributed by atoms with Crippen LogP contribution in [0.1, 0.15) is 24.5 Å². The number of isocyanates is 1. The average molecular weight is 151 g/mol. The molecule has 0 atom stereocenters. The summed E-state index contributed by atoms with van der Waals surface area (Å²) in [5.74, 6) is 0.677. The topological polar surface area (TPSA) is 68.3 Å². The molecule has 0 amide bonds. The zero-order chi connectivity index (χ0) is 7.68. The van der Waals surface area contributed by atoms with Gasteiger partial charge in [0, 0.05) is 5.92 Å². The van der Waals surface area contributed by atoms with Crippen LogP contribution < -0.4 is 0 Å². The average Bonchev–Trinajstić information content (AvgIpc) is 2.75. The Balaban J connectivity index is 2.36. The maximum Gasteiger partial charge on any atom is 0.242 e. The van der Waals surface area contributed by atoms with Crippen molar-refractivity contribution in [3.63, 3.8) is 0 Å². The molecule has 0 aliphatic heterocycles. The number of aromatic nitrogens is 2. The largest absolute Gasteiger partial charge is 0.242 e. The van der Waals surface area contributed by atoms with Gasteiger partial charge in [-0.25, -0.2) is 9.42 Å². The molecule has 2 rings (SSSR count). The minimum atomic E-state index is 0.280. The summed E-state index contributed by atoms with van der Waals surface area (Å²) in [5, 5.41) is 7.09. The molecule has 1 aliphatic carbocycles. The molecule has 1 fully saturated rings. The van der Waals surface area contributed by atoms with Gasteiger partial charge in [-0.2, -0.15) is 0 Å². The molecule has 1 aromatic rings. The van der Waals surface area contributed by atoms with E-state index >= 15 is 0 Å². The van der Waals surface area contributed by atoms with Crippen LogP contribution in [0, 0.1) is 0 Å². The standard InChI is InChI=1S/C6H5N3O2/c10-3-7-6-5(4-1-2-4)8-11-9-6/h4H,1-2H2. The van der Waals surface area contributed by atoms with Crippen LogP contribution in [-0.4, -0.2) is 16.4 Å². The molecule has 56 valence electrons. The van der Waals surface area contributed by atoms with E-state index in [1.165, 1.54) is 6.08 Å². The van der Waals surface area contributed by atoms with Crippen LogP contribution in [0.5, 0.6) is 0 Å². The molecule has 0 saturated heterocycles. The van der Waals surface area contributed by atoms with Crippen molar-refractivity contribution in [3.05, 3.63) is 5.69 Å². The van der Waals surface area contributed by atoms with Gasteiger partial charge in [-0.05, 0) is 18.0 Å². The van der Waals surface area contributed by atoms with Crippen LogP contribution in [0.25, 0.3) is 0 Å². The number of aliphatic imine (C=N–C) groups is 1. The van der Waals surface area contributed by atoms with Gasteiger partial charge in [-0.1, -0.05) is 5.16 Å². The van der Waals surface area contributed by atoms with E-state index in [2.05, 4.69) is 19.9 Å². The van der Waals surface area contributed by atoms with Gasteiger partial charge >= 0.3 is 0 Å². The molecule has 1 saturated carbocycles. The van der Waals surface area contributed by atoms with Gasteiger partial charge in [-0.3, -0.25) is 0 Å². The highest BCUT2D eigenvalue weighted by Crippen LogP contribution is 2.42. The van der Waals surface area contributed by atoms with Crippen LogP contribution in [-0.2, 0) is 4.79 Å². The van der Waals surface area contributed by atoms with Crippen molar-refractivity contribution >= 4 is 11.9 Å². The molecular formula is C6H5N3O2. The molecule has 5 heteroatoms. The SMILES string of the molecule is O=C=Nc1nonc1C1CC1. The van der Waals surface area contributed by atoms with E-state index in [4.69, 9.17) is 0 Å².